The first-order valence-corrected chi connectivity index (χ1v) is 13.4. The number of piperidine rings is 1. The van der Waals surface area contributed by atoms with Gasteiger partial charge in [-0.3, -0.25) is 0 Å². The number of anilines is 2. The van der Waals surface area contributed by atoms with Crippen molar-refractivity contribution in [1.82, 2.24) is 9.62 Å². The molecule has 1 aliphatic carbocycles. The molecule has 1 saturated carbocycles. The third-order valence-electron chi connectivity index (χ3n) is 6.46. The van der Waals surface area contributed by atoms with Crippen LogP contribution in [0.15, 0.2) is 23.1 Å². The number of nitrogens with zero attached hydrogens (tertiary/aromatic N) is 2. The molecule has 0 spiro atoms. The van der Waals surface area contributed by atoms with Crippen LogP contribution >= 0.6 is 12.2 Å². The minimum atomic E-state index is -3.56. The molecule has 0 radical (unpaired) electrons. The lowest BCUT2D eigenvalue weighted by molar-refractivity contribution is 0.0730. The molecule has 2 heterocycles. The van der Waals surface area contributed by atoms with E-state index in [1.165, 1.54) is 30.0 Å². The van der Waals surface area contributed by atoms with Crippen LogP contribution in [0.5, 0.6) is 0 Å². The Labute approximate surface area is 191 Å². The van der Waals surface area contributed by atoms with Gasteiger partial charge in [-0.25, -0.2) is 8.42 Å². The standard InChI is InChI=1S/C22H34N4O3S2/c27-31(28,26-13-15-29-16-14-26)19-9-10-21(25-11-5-2-6-12-25)20(17-19)24-22(30)23-18-7-3-1-4-8-18/h9-10,17-18H,1-8,11-16H2,(H2,23,24,30). The fourth-order valence-corrected chi connectivity index (χ4v) is 6.42. The van der Waals surface area contributed by atoms with Crippen LogP contribution in [0.25, 0.3) is 0 Å². The molecular formula is C22H34N4O3S2. The van der Waals surface area contributed by atoms with Gasteiger partial charge in [-0.05, 0) is 62.5 Å². The lowest BCUT2D eigenvalue weighted by Gasteiger charge is -2.32. The Hall–Kier alpha value is -1.42. The first-order valence-electron chi connectivity index (χ1n) is 11.6. The van der Waals surface area contributed by atoms with Gasteiger partial charge in [0.1, 0.15) is 0 Å². The fraction of sp³-hybridized carbons (Fsp3) is 0.682. The highest BCUT2D eigenvalue weighted by atomic mass is 32.2. The molecule has 2 saturated heterocycles. The van der Waals surface area contributed by atoms with Gasteiger partial charge in [0.15, 0.2) is 5.11 Å². The monoisotopic (exact) mass is 466 g/mol. The van der Waals surface area contributed by atoms with Gasteiger partial charge in [-0.2, -0.15) is 4.31 Å². The van der Waals surface area contributed by atoms with Gasteiger partial charge in [0.2, 0.25) is 10.0 Å². The topological polar surface area (TPSA) is 73.9 Å². The van der Waals surface area contributed by atoms with E-state index in [4.69, 9.17) is 17.0 Å². The van der Waals surface area contributed by atoms with Crippen LogP contribution in [0.3, 0.4) is 0 Å². The molecular weight excluding hydrogens is 432 g/mol. The van der Waals surface area contributed by atoms with Crippen molar-refractivity contribution < 1.29 is 13.2 Å². The normalized spacial score (nSPS) is 21.6. The Bertz CT molecular complexity index is 860. The van der Waals surface area contributed by atoms with Crippen LogP contribution < -0.4 is 15.5 Å². The highest BCUT2D eigenvalue weighted by Crippen LogP contribution is 2.32. The Morgan fingerprint density at radius 1 is 0.968 bits per heavy atom. The molecule has 0 amide bonds. The molecule has 0 aromatic heterocycles. The third kappa shape index (κ3) is 5.69. The Balaban J connectivity index is 1.57. The zero-order valence-corrected chi connectivity index (χ0v) is 19.8. The van der Waals surface area contributed by atoms with Crippen molar-refractivity contribution in [1.29, 1.82) is 0 Å². The summed E-state index contributed by atoms with van der Waals surface area (Å²) >= 11 is 5.62. The van der Waals surface area contributed by atoms with E-state index in [2.05, 4.69) is 15.5 Å². The van der Waals surface area contributed by atoms with E-state index in [1.807, 2.05) is 6.07 Å². The van der Waals surface area contributed by atoms with Gasteiger partial charge in [-0.1, -0.05) is 19.3 Å². The van der Waals surface area contributed by atoms with Crippen molar-refractivity contribution in [3.63, 3.8) is 0 Å². The highest BCUT2D eigenvalue weighted by molar-refractivity contribution is 7.89. The van der Waals surface area contributed by atoms with Gasteiger partial charge in [0.25, 0.3) is 0 Å². The van der Waals surface area contributed by atoms with Gasteiger partial charge >= 0.3 is 0 Å². The minimum Gasteiger partial charge on any atom is -0.379 e. The van der Waals surface area contributed by atoms with E-state index in [0.717, 1.165) is 50.1 Å². The number of ether oxygens (including phenoxy) is 1. The number of hydrogen-bond acceptors (Lipinski definition) is 5. The first-order chi connectivity index (χ1) is 15.0. The number of nitrogens with one attached hydrogen (secondary N) is 2. The Kier molecular flexibility index (Phi) is 7.68. The van der Waals surface area contributed by atoms with Crippen LogP contribution in [-0.2, 0) is 14.8 Å². The highest BCUT2D eigenvalue weighted by Gasteiger charge is 2.28. The van der Waals surface area contributed by atoms with Crippen molar-refractivity contribution in [2.75, 3.05) is 49.6 Å². The lowest BCUT2D eigenvalue weighted by atomic mass is 9.96. The summed E-state index contributed by atoms with van der Waals surface area (Å²) in [7, 11) is -3.56. The molecule has 2 N–H and O–H groups in total. The summed E-state index contributed by atoms with van der Waals surface area (Å²) in [6.45, 7) is 3.61. The van der Waals surface area contributed by atoms with E-state index in [9.17, 15) is 8.42 Å². The number of morpholine rings is 1. The average molecular weight is 467 g/mol. The van der Waals surface area contributed by atoms with Gasteiger partial charge in [0.05, 0.1) is 29.5 Å². The zero-order valence-electron chi connectivity index (χ0n) is 18.1. The number of benzene rings is 1. The molecule has 1 aromatic rings. The van der Waals surface area contributed by atoms with Gasteiger partial charge < -0.3 is 20.3 Å². The molecule has 7 nitrogen and oxygen atoms in total. The number of sulfonamides is 1. The van der Waals surface area contributed by atoms with Crippen LogP contribution in [0, 0.1) is 0 Å². The smallest absolute Gasteiger partial charge is 0.243 e. The molecule has 31 heavy (non-hydrogen) atoms. The second-order valence-corrected chi connectivity index (χ2v) is 11.0. The van der Waals surface area contributed by atoms with Crippen molar-refractivity contribution >= 4 is 38.7 Å². The first kappa shape index (κ1) is 22.8. The molecule has 0 unspecified atom stereocenters. The van der Waals surface area contributed by atoms with E-state index in [-0.39, 0.29) is 0 Å². The zero-order chi connectivity index (χ0) is 21.7. The summed E-state index contributed by atoms with van der Waals surface area (Å²) in [5.41, 5.74) is 1.79. The lowest BCUT2D eigenvalue weighted by Crippen LogP contribution is -2.41. The number of thiocarbonyl (C=S) groups is 1. The van der Waals surface area contributed by atoms with Crippen molar-refractivity contribution in [3.05, 3.63) is 18.2 Å². The summed E-state index contributed by atoms with van der Waals surface area (Å²) in [6, 6.07) is 5.82. The third-order valence-corrected chi connectivity index (χ3v) is 8.58. The Morgan fingerprint density at radius 3 is 2.35 bits per heavy atom. The molecule has 9 heteroatoms. The predicted octanol–water partition coefficient (Wildman–Crippen LogP) is 3.32. The predicted molar refractivity (Wildman–Crippen MR) is 128 cm³/mol. The maximum Gasteiger partial charge on any atom is 0.243 e. The van der Waals surface area contributed by atoms with Crippen LogP contribution in [-0.4, -0.2) is 63.3 Å². The summed E-state index contributed by atoms with van der Waals surface area (Å²) in [5, 5.41) is 7.36. The fourth-order valence-electron chi connectivity index (χ4n) is 4.71. The largest absolute Gasteiger partial charge is 0.379 e. The van der Waals surface area contributed by atoms with Crippen molar-refractivity contribution in [2.45, 2.75) is 62.3 Å². The summed E-state index contributed by atoms with van der Waals surface area (Å²) in [5.74, 6) is 0. The summed E-state index contributed by atoms with van der Waals surface area (Å²) in [4.78, 5) is 2.64. The second kappa shape index (κ2) is 10.5. The number of hydrogen-bond donors (Lipinski definition) is 2. The summed E-state index contributed by atoms with van der Waals surface area (Å²) < 4.78 is 33.3. The van der Waals surface area contributed by atoms with Crippen LogP contribution in [0.2, 0.25) is 0 Å². The molecule has 4 rings (SSSR count). The van der Waals surface area contributed by atoms with Crippen molar-refractivity contribution in [3.8, 4) is 0 Å². The van der Waals surface area contributed by atoms with Crippen LogP contribution in [0.4, 0.5) is 11.4 Å². The molecule has 2 aliphatic heterocycles. The maximum atomic E-state index is 13.2. The van der Waals surface area contributed by atoms with E-state index in [0.29, 0.717) is 42.4 Å². The van der Waals surface area contributed by atoms with Crippen LogP contribution in [0.1, 0.15) is 51.4 Å². The van der Waals surface area contributed by atoms with Gasteiger partial charge in [0, 0.05) is 32.2 Å². The second-order valence-electron chi connectivity index (χ2n) is 8.68. The molecule has 3 fully saturated rings. The molecule has 0 bridgehead atoms. The van der Waals surface area contributed by atoms with E-state index >= 15 is 0 Å². The minimum absolute atomic E-state index is 0.304. The average Bonchev–Trinajstić information content (AvgIpc) is 2.81. The van der Waals surface area contributed by atoms with E-state index < -0.39 is 10.0 Å². The molecule has 0 atom stereocenters. The molecule has 172 valence electrons. The Morgan fingerprint density at radius 2 is 1.65 bits per heavy atom. The maximum absolute atomic E-state index is 13.2. The molecule has 3 aliphatic rings. The van der Waals surface area contributed by atoms with E-state index in [1.54, 1.807) is 12.1 Å². The summed E-state index contributed by atoms with van der Waals surface area (Å²) in [6.07, 6.45) is 9.55. The van der Waals surface area contributed by atoms with Gasteiger partial charge in [-0.15, -0.1) is 0 Å². The number of rotatable bonds is 5. The quantitative estimate of drug-likeness (QED) is 0.645. The SMILES string of the molecule is O=S(=O)(c1ccc(N2CCCCC2)c(NC(=S)NC2CCCCC2)c1)N1CCOCC1. The van der Waals surface area contributed by atoms with Crippen molar-refractivity contribution in [2.24, 2.45) is 0 Å². The molecule has 1 aromatic carbocycles.